The van der Waals surface area contributed by atoms with Gasteiger partial charge in [0.05, 0.1) is 16.8 Å². The molecule has 0 aliphatic carbocycles. The summed E-state index contributed by atoms with van der Waals surface area (Å²) in [5, 5.41) is 34.1. The van der Waals surface area contributed by atoms with Crippen LogP contribution in [0, 0.1) is 10.1 Å². The van der Waals surface area contributed by atoms with E-state index in [1.165, 1.54) is 40.0 Å². The molecule has 5 aromatic rings. The van der Waals surface area contributed by atoms with Gasteiger partial charge in [-0.15, -0.1) is 10.2 Å². The van der Waals surface area contributed by atoms with Crippen LogP contribution in [0.15, 0.2) is 91.0 Å². The summed E-state index contributed by atoms with van der Waals surface area (Å²) in [6.07, 6.45) is 5.18. The van der Waals surface area contributed by atoms with Crippen molar-refractivity contribution in [2.24, 2.45) is 0 Å². The van der Waals surface area contributed by atoms with E-state index in [4.69, 9.17) is 11.6 Å². The number of nitro benzene ring substituents is 1. The van der Waals surface area contributed by atoms with Crippen LogP contribution < -0.4 is 5.32 Å². The molecule has 1 amide bonds. The maximum Gasteiger partial charge on any atom is 0.269 e. The number of rotatable bonds is 8. The van der Waals surface area contributed by atoms with Gasteiger partial charge in [0.1, 0.15) is 12.0 Å². The predicted octanol–water partition coefficient (Wildman–Crippen LogP) is 3.95. The van der Waals surface area contributed by atoms with E-state index in [2.05, 4.69) is 31.2 Å². The summed E-state index contributed by atoms with van der Waals surface area (Å²) in [6.45, 7) is 0. The smallest absolute Gasteiger partial charge is 0.269 e. The fraction of sp³-hybridized carbons (Fsp3) is 0.0400. The van der Waals surface area contributed by atoms with Gasteiger partial charge >= 0.3 is 0 Å². The van der Waals surface area contributed by atoms with Crippen LogP contribution in [0.1, 0.15) is 15.9 Å². The molecule has 0 spiro atoms. The van der Waals surface area contributed by atoms with Crippen molar-refractivity contribution >= 4 is 29.4 Å². The lowest BCUT2D eigenvalue weighted by atomic mass is 10.1. The molecule has 3 aromatic carbocycles. The second kappa shape index (κ2) is 10.8. The van der Waals surface area contributed by atoms with Crippen molar-refractivity contribution in [2.75, 3.05) is 0 Å². The lowest BCUT2D eigenvalue weighted by molar-refractivity contribution is -0.384. The van der Waals surface area contributed by atoms with Gasteiger partial charge in [0.2, 0.25) is 0 Å². The molecule has 5 rings (SSSR count). The van der Waals surface area contributed by atoms with Crippen molar-refractivity contribution in [3.63, 3.8) is 0 Å². The molecule has 0 unspecified atom stereocenters. The van der Waals surface area contributed by atoms with Crippen LogP contribution >= 0.6 is 11.6 Å². The summed E-state index contributed by atoms with van der Waals surface area (Å²) >= 11 is 6.24. The van der Waals surface area contributed by atoms with Crippen LogP contribution in [0.3, 0.4) is 0 Å². The molecule has 0 aliphatic rings. The first-order valence-corrected chi connectivity index (χ1v) is 11.6. The van der Waals surface area contributed by atoms with Crippen molar-refractivity contribution in [3.8, 4) is 16.9 Å². The molecule has 0 bridgehead atoms. The summed E-state index contributed by atoms with van der Waals surface area (Å²) < 4.78 is 2.97. The Morgan fingerprint density at radius 1 is 1.05 bits per heavy atom. The Labute approximate surface area is 220 Å². The molecular formula is C25H18ClN9O3. The van der Waals surface area contributed by atoms with Crippen LogP contribution in [0.4, 0.5) is 5.69 Å². The number of allylic oxidation sites excluding steroid dienone is 1. The normalized spacial score (nSPS) is 11.3. The van der Waals surface area contributed by atoms with E-state index in [9.17, 15) is 14.9 Å². The minimum Gasteiger partial charge on any atom is -0.324 e. The monoisotopic (exact) mass is 527 g/mol. The molecule has 2 heterocycles. The van der Waals surface area contributed by atoms with Gasteiger partial charge in [-0.05, 0) is 46.3 Å². The number of amides is 1. The summed E-state index contributed by atoms with van der Waals surface area (Å²) in [7, 11) is 0. The molecule has 0 saturated carbocycles. The summed E-state index contributed by atoms with van der Waals surface area (Å²) in [5.41, 5.74) is 3.49. The van der Waals surface area contributed by atoms with Crippen molar-refractivity contribution in [1.29, 1.82) is 0 Å². The average molecular weight is 528 g/mol. The number of carbonyl (C=O) groups is 1. The molecule has 188 valence electrons. The number of hydrogen-bond donors (Lipinski definition) is 1. The molecule has 1 N–H and O–H groups in total. The number of hydrogen-bond acceptors (Lipinski definition) is 8. The van der Waals surface area contributed by atoms with E-state index in [-0.39, 0.29) is 11.3 Å². The molecule has 13 heteroatoms. The summed E-state index contributed by atoms with van der Waals surface area (Å²) in [5.74, 6) is -0.418. The number of benzene rings is 3. The highest BCUT2D eigenvalue weighted by molar-refractivity contribution is 6.31. The van der Waals surface area contributed by atoms with Gasteiger partial charge in [-0.1, -0.05) is 47.1 Å². The third-order valence-electron chi connectivity index (χ3n) is 5.48. The van der Waals surface area contributed by atoms with Crippen molar-refractivity contribution in [2.45, 2.75) is 6.42 Å². The van der Waals surface area contributed by atoms with Gasteiger partial charge in [-0.2, -0.15) is 4.68 Å². The second-order valence-electron chi connectivity index (χ2n) is 8.07. The van der Waals surface area contributed by atoms with Crippen LogP contribution in [0.2, 0.25) is 5.02 Å². The van der Waals surface area contributed by atoms with E-state index < -0.39 is 10.8 Å². The minimum atomic E-state index is -0.518. The van der Waals surface area contributed by atoms with E-state index >= 15 is 0 Å². The fourth-order valence-electron chi connectivity index (χ4n) is 3.70. The summed E-state index contributed by atoms with van der Waals surface area (Å²) in [4.78, 5) is 23.4. The highest BCUT2D eigenvalue weighted by Crippen LogP contribution is 2.27. The average Bonchev–Trinajstić information content (AvgIpc) is 3.62. The summed E-state index contributed by atoms with van der Waals surface area (Å²) in [6, 6.07) is 20.2. The molecule has 0 saturated heterocycles. The Morgan fingerprint density at radius 2 is 1.84 bits per heavy atom. The van der Waals surface area contributed by atoms with Gasteiger partial charge in [0.25, 0.3) is 11.6 Å². The first-order chi connectivity index (χ1) is 18.5. The lowest BCUT2D eigenvalue weighted by Crippen LogP contribution is -2.24. The standard InChI is InChI=1S/C25H18ClN9O3/c26-19-8-11-24(34-16-27-30-32-34)22(13-19)23-15-33(31-29-23)14-20(12-17-4-2-1-3-5-17)28-25(36)18-6-9-21(10-7-18)35(37)38/h1-11,13-16H,12H2,(H,28,36). The highest BCUT2D eigenvalue weighted by atomic mass is 35.5. The molecular weight excluding hydrogens is 510 g/mol. The van der Waals surface area contributed by atoms with Gasteiger partial charge in [-0.3, -0.25) is 14.9 Å². The van der Waals surface area contributed by atoms with E-state index in [0.29, 0.717) is 34.1 Å². The first-order valence-electron chi connectivity index (χ1n) is 11.2. The maximum absolute atomic E-state index is 13.0. The van der Waals surface area contributed by atoms with Crippen LogP contribution in [0.25, 0.3) is 23.1 Å². The Balaban J connectivity index is 1.46. The van der Waals surface area contributed by atoms with Crippen molar-refractivity contribution < 1.29 is 9.72 Å². The Hall–Kier alpha value is -5.23. The zero-order valence-corrected chi connectivity index (χ0v) is 20.3. The maximum atomic E-state index is 13.0. The van der Waals surface area contributed by atoms with Crippen molar-refractivity contribution in [1.82, 2.24) is 40.5 Å². The van der Waals surface area contributed by atoms with E-state index in [1.54, 1.807) is 30.6 Å². The SMILES string of the molecule is O=C(NC(=Cn1cc(-c2cc(Cl)ccc2-n2cnnn2)nn1)Cc1ccccc1)c1ccc([N+](=O)[O-])cc1. The third kappa shape index (κ3) is 5.60. The number of halogens is 1. The number of carbonyl (C=O) groups excluding carboxylic acids is 1. The van der Waals surface area contributed by atoms with Crippen molar-refractivity contribution in [3.05, 3.63) is 117 Å². The van der Waals surface area contributed by atoms with E-state index in [0.717, 1.165) is 5.56 Å². The number of nitrogens with zero attached hydrogens (tertiary/aromatic N) is 8. The topological polar surface area (TPSA) is 147 Å². The Morgan fingerprint density at radius 3 is 2.55 bits per heavy atom. The number of nitrogens with one attached hydrogen (secondary N) is 1. The third-order valence-corrected chi connectivity index (χ3v) is 5.72. The quantitative estimate of drug-likeness (QED) is 0.235. The number of non-ortho nitro benzene ring substituents is 1. The predicted molar refractivity (Wildman–Crippen MR) is 138 cm³/mol. The van der Waals surface area contributed by atoms with Gasteiger partial charge in [-0.25, -0.2) is 4.68 Å². The van der Waals surface area contributed by atoms with Gasteiger partial charge in [0.15, 0.2) is 0 Å². The second-order valence-corrected chi connectivity index (χ2v) is 8.51. The lowest BCUT2D eigenvalue weighted by Gasteiger charge is -2.10. The van der Waals surface area contributed by atoms with E-state index in [1.807, 2.05) is 30.3 Å². The molecule has 2 aromatic heterocycles. The Kier molecular flexibility index (Phi) is 6.95. The van der Waals surface area contributed by atoms with Crippen LogP contribution in [-0.4, -0.2) is 46.0 Å². The zero-order valence-electron chi connectivity index (χ0n) is 19.5. The van der Waals surface area contributed by atoms with Gasteiger partial charge < -0.3 is 5.32 Å². The van der Waals surface area contributed by atoms with Crippen LogP contribution in [0.5, 0.6) is 0 Å². The number of nitro groups is 1. The molecule has 0 fully saturated rings. The largest absolute Gasteiger partial charge is 0.324 e. The highest BCUT2D eigenvalue weighted by Gasteiger charge is 2.15. The molecule has 12 nitrogen and oxygen atoms in total. The number of aromatic nitrogens is 7. The molecule has 0 atom stereocenters. The molecule has 38 heavy (non-hydrogen) atoms. The first kappa shape index (κ1) is 24.5. The van der Waals surface area contributed by atoms with Gasteiger partial charge in [0, 0.05) is 46.6 Å². The molecule has 0 aliphatic heterocycles. The Bertz CT molecular complexity index is 1620. The van der Waals surface area contributed by atoms with Crippen LogP contribution in [-0.2, 0) is 6.42 Å². The minimum absolute atomic E-state index is 0.0983. The molecule has 0 radical (unpaired) electrons. The zero-order chi connectivity index (χ0) is 26.5. The fourth-order valence-corrected chi connectivity index (χ4v) is 3.87. The number of tetrazole rings is 1.